The van der Waals surface area contributed by atoms with Gasteiger partial charge in [-0.25, -0.2) is 0 Å². The van der Waals surface area contributed by atoms with Crippen molar-refractivity contribution in [2.75, 3.05) is 6.61 Å². The maximum Gasteiger partial charge on any atom is 0.201 e. The second-order valence-corrected chi connectivity index (χ2v) is 12.8. The van der Waals surface area contributed by atoms with Crippen molar-refractivity contribution in [3.8, 4) is 0 Å². The molecule has 1 aliphatic rings. The molecule has 0 amide bonds. The predicted octanol–water partition coefficient (Wildman–Crippen LogP) is 5.69. The third-order valence-electron chi connectivity index (χ3n) is 4.92. The van der Waals surface area contributed by atoms with Crippen LogP contribution in [0.15, 0.2) is 12.2 Å². The predicted molar refractivity (Wildman–Crippen MR) is 94.3 cm³/mol. The number of hydrogen-bond acceptors (Lipinski definition) is 2. The first-order chi connectivity index (χ1) is 9.84. The average Bonchev–Trinajstić information content (AvgIpc) is 2.42. The molecule has 21 heavy (non-hydrogen) atoms. The van der Waals surface area contributed by atoms with Gasteiger partial charge in [-0.05, 0) is 23.0 Å². The molecular formula is C18H36O2Si. The molecule has 1 heterocycles. The molecule has 2 atom stereocenters. The minimum atomic E-state index is -1.79. The highest BCUT2D eigenvalue weighted by molar-refractivity contribution is 6.77. The Labute approximate surface area is 133 Å². The van der Waals surface area contributed by atoms with Gasteiger partial charge in [-0.3, -0.25) is 0 Å². The molecule has 2 nitrogen and oxygen atoms in total. The standard InChI is InChI=1S/C18H36O2Si/c1-8-9-10-17-11-12-18(13-19-17)20-21(14(2)3,15(4)5)16(6)7/h11-12,14-18H,8-10,13H2,1-7H3/t17-,18-/m0/s1. The molecule has 3 heteroatoms. The van der Waals surface area contributed by atoms with Crippen LogP contribution in [-0.2, 0) is 9.16 Å². The molecule has 1 rings (SSSR count). The summed E-state index contributed by atoms with van der Waals surface area (Å²) in [6.07, 6.45) is 8.56. The molecule has 0 aromatic carbocycles. The Bertz CT molecular complexity index is 301. The number of rotatable bonds is 8. The molecule has 124 valence electrons. The van der Waals surface area contributed by atoms with Gasteiger partial charge in [-0.15, -0.1) is 0 Å². The van der Waals surface area contributed by atoms with Crippen LogP contribution in [0.2, 0.25) is 16.6 Å². The summed E-state index contributed by atoms with van der Waals surface area (Å²) >= 11 is 0. The smallest absolute Gasteiger partial charge is 0.201 e. The number of unbranched alkanes of at least 4 members (excludes halogenated alkanes) is 1. The quantitative estimate of drug-likeness (QED) is 0.423. The lowest BCUT2D eigenvalue weighted by Gasteiger charge is -2.44. The van der Waals surface area contributed by atoms with Crippen LogP contribution < -0.4 is 0 Å². The zero-order valence-electron chi connectivity index (χ0n) is 15.2. The van der Waals surface area contributed by atoms with Gasteiger partial charge < -0.3 is 9.16 Å². The first-order valence-electron chi connectivity index (χ1n) is 8.82. The van der Waals surface area contributed by atoms with E-state index in [1.165, 1.54) is 12.8 Å². The lowest BCUT2D eigenvalue weighted by Crippen LogP contribution is -2.51. The third kappa shape index (κ3) is 4.67. The van der Waals surface area contributed by atoms with Gasteiger partial charge in [0, 0.05) is 0 Å². The third-order valence-corrected chi connectivity index (χ3v) is 11.0. The first kappa shape index (κ1) is 18.9. The van der Waals surface area contributed by atoms with Gasteiger partial charge in [-0.1, -0.05) is 73.5 Å². The van der Waals surface area contributed by atoms with Crippen LogP contribution in [0.25, 0.3) is 0 Å². The fraction of sp³-hybridized carbons (Fsp3) is 0.889. The van der Waals surface area contributed by atoms with Crippen molar-refractivity contribution in [2.45, 2.75) is 96.6 Å². The van der Waals surface area contributed by atoms with Crippen LogP contribution in [0.4, 0.5) is 0 Å². The van der Waals surface area contributed by atoms with Crippen molar-refractivity contribution in [2.24, 2.45) is 0 Å². The summed E-state index contributed by atoms with van der Waals surface area (Å²) in [5.41, 5.74) is 1.89. The van der Waals surface area contributed by atoms with Gasteiger partial charge in [0.2, 0.25) is 8.32 Å². The maximum absolute atomic E-state index is 6.74. The number of ether oxygens (including phenoxy) is 1. The van der Waals surface area contributed by atoms with E-state index >= 15 is 0 Å². The topological polar surface area (TPSA) is 18.5 Å². The van der Waals surface area contributed by atoms with E-state index in [9.17, 15) is 0 Å². The monoisotopic (exact) mass is 312 g/mol. The normalized spacial score (nSPS) is 23.5. The highest BCUT2D eigenvalue weighted by Gasteiger charge is 2.46. The minimum Gasteiger partial charge on any atom is -0.407 e. The van der Waals surface area contributed by atoms with Gasteiger partial charge in [0.1, 0.15) is 0 Å². The molecule has 0 saturated heterocycles. The minimum absolute atomic E-state index is 0.154. The summed E-state index contributed by atoms with van der Waals surface area (Å²) < 4.78 is 12.7. The Morgan fingerprint density at radius 2 is 1.62 bits per heavy atom. The number of hydrogen-bond donors (Lipinski definition) is 0. The average molecular weight is 313 g/mol. The summed E-state index contributed by atoms with van der Waals surface area (Å²) in [5, 5.41) is 0. The molecule has 0 spiro atoms. The second-order valence-electron chi connectivity index (χ2n) is 7.37. The van der Waals surface area contributed by atoms with Crippen LogP contribution in [0.5, 0.6) is 0 Å². The first-order valence-corrected chi connectivity index (χ1v) is 11.0. The van der Waals surface area contributed by atoms with E-state index in [4.69, 9.17) is 9.16 Å². The Kier molecular flexibility index (Phi) is 7.65. The highest BCUT2D eigenvalue weighted by Crippen LogP contribution is 2.43. The summed E-state index contributed by atoms with van der Waals surface area (Å²) in [6, 6.07) is 0. The van der Waals surface area contributed by atoms with E-state index in [1.54, 1.807) is 0 Å². The van der Waals surface area contributed by atoms with Crippen LogP contribution in [0.1, 0.15) is 67.7 Å². The van der Waals surface area contributed by atoms with Crippen LogP contribution in [0, 0.1) is 0 Å². The van der Waals surface area contributed by atoms with E-state index in [-0.39, 0.29) is 6.10 Å². The van der Waals surface area contributed by atoms with Crippen molar-refractivity contribution in [3.05, 3.63) is 12.2 Å². The Hall–Kier alpha value is -0.123. The molecule has 0 aromatic rings. The van der Waals surface area contributed by atoms with E-state index in [0.29, 0.717) is 22.7 Å². The molecule has 0 aliphatic carbocycles. The second kappa shape index (κ2) is 8.49. The fourth-order valence-corrected chi connectivity index (χ4v) is 9.39. The molecule has 0 fully saturated rings. The summed E-state index contributed by atoms with van der Waals surface area (Å²) in [5.74, 6) is 0. The summed E-state index contributed by atoms with van der Waals surface area (Å²) in [4.78, 5) is 0. The van der Waals surface area contributed by atoms with Gasteiger partial charge >= 0.3 is 0 Å². The molecular weight excluding hydrogens is 276 g/mol. The van der Waals surface area contributed by atoms with Gasteiger partial charge in [-0.2, -0.15) is 0 Å². The van der Waals surface area contributed by atoms with Crippen molar-refractivity contribution >= 4 is 8.32 Å². The molecule has 0 unspecified atom stereocenters. The lowest BCUT2D eigenvalue weighted by atomic mass is 10.1. The SMILES string of the molecule is CCCC[C@H]1C=C[C@H](O[Si](C(C)C)(C(C)C)C(C)C)CO1. The zero-order chi connectivity index (χ0) is 16.0. The van der Waals surface area contributed by atoms with Crippen LogP contribution in [0.3, 0.4) is 0 Å². The van der Waals surface area contributed by atoms with Crippen LogP contribution >= 0.6 is 0 Å². The van der Waals surface area contributed by atoms with E-state index in [0.717, 1.165) is 13.0 Å². The Balaban J connectivity index is 2.74. The zero-order valence-corrected chi connectivity index (χ0v) is 16.2. The van der Waals surface area contributed by atoms with Crippen molar-refractivity contribution in [1.82, 2.24) is 0 Å². The molecule has 0 N–H and O–H groups in total. The van der Waals surface area contributed by atoms with Crippen molar-refractivity contribution in [1.29, 1.82) is 0 Å². The molecule has 0 radical (unpaired) electrons. The van der Waals surface area contributed by atoms with Crippen LogP contribution in [-0.4, -0.2) is 27.1 Å². The molecule has 1 aliphatic heterocycles. The van der Waals surface area contributed by atoms with E-state index < -0.39 is 8.32 Å². The fourth-order valence-electron chi connectivity index (χ4n) is 3.91. The van der Waals surface area contributed by atoms with E-state index in [1.807, 2.05) is 0 Å². The Morgan fingerprint density at radius 1 is 1.05 bits per heavy atom. The van der Waals surface area contributed by atoms with Gasteiger partial charge in [0.05, 0.1) is 18.8 Å². The Morgan fingerprint density at radius 3 is 2.00 bits per heavy atom. The molecule has 0 bridgehead atoms. The maximum atomic E-state index is 6.74. The molecule has 0 saturated carbocycles. The lowest BCUT2D eigenvalue weighted by molar-refractivity contribution is 0.0142. The van der Waals surface area contributed by atoms with Crippen molar-refractivity contribution in [3.63, 3.8) is 0 Å². The highest BCUT2D eigenvalue weighted by atomic mass is 28.4. The van der Waals surface area contributed by atoms with E-state index in [2.05, 4.69) is 60.6 Å². The summed E-state index contributed by atoms with van der Waals surface area (Å²) in [6.45, 7) is 17.0. The molecule has 0 aromatic heterocycles. The van der Waals surface area contributed by atoms with Gasteiger partial charge in [0.25, 0.3) is 0 Å². The summed E-state index contributed by atoms with van der Waals surface area (Å²) in [7, 11) is -1.79. The van der Waals surface area contributed by atoms with Gasteiger partial charge in [0.15, 0.2) is 0 Å². The largest absolute Gasteiger partial charge is 0.407 e. The van der Waals surface area contributed by atoms with Crippen molar-refractivity contribution < 1.29 is 9.16 Å².